The summed E-state index contributed by atoms with van der Waals surface area (Å²) in [5.41, 5.74) is 0.753. The van der Waals surface area contributed by atoms with E-state index in [9.17, 15) is 13.2 Å². The van der Waals surface area contributed by atoms with Gasteiger partial charge in [0, 0.05) is 23.0 Å². The molecule has 2 aliphatic rings. The second-order valence-corrected chi connectivity index (χ2v) is 10.3. The van der Waals surface area contributed by atoms with Crippen molar-refractivity contribution in [2.24, 2.45) is 5.92 Å². The number of hydrogen-bond acceptors (Lipinski definition) is 5. The zero-order valence-corrected chi connectivity index (χ0v) is 18.9. The molecule has 1 N–H and O–H groups in total. The van der Waals surface area contributed by atoms with E-state index in [0.717, 1.165) is 56.5 Å². The quantitative estimate of drug-likeness (QED) is 0.425. The van der Waals surface area contributed by atoms with Crippen LogP contribution >= 0.6 is 11.6 Å². The van der Waals surface area contributed by atoms with Crippen LogP contribution in [-0.2, 0) is 10.0 Å². The number of sulfonamides is 1. The topological polar surface area (TPSA) is 75.7 Å². The Kier molecular flexibility index (Phi) is 6.96. The van der Waals surface area contributed by atoms with Gasteiger partial charge in [-0.3, -0.25) is 9.69 Å². The summed E-state index contributed by atoms with van der Waals surface area (Å²) in [6.07, 6.45) is 4.31. The number of carbonyl (C=O) groups is 1. The summed E-state index contributed by atoms with van der Waals surface area (Å²) in [7, 11) is -3.59. The third-order valence-electron chi connectivity index (χ3n) is 5.72. The molecule has 0 aromatic heterocycles. The van der Waals surface area contributed by atoms with Gasteiger partial charge in [0.1, 0.15) is 5.75 Å². The van der Waals surface area contributed by atoms with Gasteiger partial charge in [-0.15, -0.1) is 0 Å². The van der Waals surface area contributed by atoms with E-state index in [2.05, 4.69) is 9.62 Å². The molecule has 1 unspecified atom stereocenters. The fourth-order valence-corrected chi connectivity index (χ4v) is 5.22. The maximum atomic E-state index is 12.7. The minimum atomic E-state index is -3.59. The Bertz CT molecular complexity index is 1000. The maximum Gasteiger partial charge on any atom is 0.241 e. The lowest BCUT2D eigenvalue weighted by molar-refractivity contribution is 0.0967. The van der Waals surface area contributed by atoms with Crippen LogP contribution in [0.1, 0.15) is 42.5 Å². The minimum absolute atomic E-state index is 0.214. The van der Waals surface area contributed by atoms with E-state index in [4.69, 9.17) is 16.3 Å². The Balaban J connectivity index is 1.23. The molecule has 2 aromatic rings. The number of nitrogens with zero attached hydrogens (tertiary/aromatic N) is 1. The van der Waals surface area contributed by atoms with Gasteiger partial charge in [0.25, 0.3) is 0 Å². The average molecular weight is 463 g/mol. The number of ether oxygens (including phenoxy) is 1. The zero-order chi connectivity index (χ0) is 21.8. The van der Waals surface area contributed by atoms with Gasteiger partial charge in [-0.25, -0.2) is 8.42 Å². The largest absolute Gasteiger partial charge is 0.494 e. The predicted octanol–water partition coefficient (Wildman–Crippen LogP) is 4.10. The van der Waals surface area contributed by atoms with Gasteiger partial charge in [0.05, 0.1) is 17.7 Å². The summed E-state index contributed by atoms with van der Waals surface area (Å²) >= 11 is 5.86. The van der Waals surface area contributed by atoms with Crippen LogP contribution in [0, 0.1) is 5.92 Å². The van der Waals surface area contributed by atoms with Gasteiger partial charge in [-0.05, 0) is 87.2 Å². The van der Waals surface area contributed by atoms with Crippen molar-refractivity contribution in [3.05, 3.63) is 59.1 Å². The van der Waals surface area contributed by atoms with Gasteiger partial charge >= 0.3 is 0 Å². The molecule has 1 saturated carbocycles. The highest BCUT2D eigenvalue weighted by molar-refractivity contribution is 7.89. The molecular formula is C23H27ClN2O4S. The lowest BCUT2D eigenvalue weighted by atomic mass is 10.1. The number of carbonyl (C=O) groups excluding carboxylic acids is 1. The first kappa shape index (κ1) is 22.3. The van der Waals surface area contributed by atoms with Gasteiger partial charge < -0.3 is 4.74 Å². The fraction of sp³-hybridized carbons (Fsp3) is 0.435. The molecular weight excluding hydrogens is 436 g/mol. The standard InChI is InChI=1S/C23H27ClN2O4S/c24-19-8-12-21(13-9-19)31(28,29)25-22-3-1-14-26(22)15-2-16-30-20-10-6-18(7-11-20)23(27)17-4-5-17/h6-13,17,22,25H,1-5,14-16H2. The molecule has 4 rings (SSSR count). The lowest BCUT2D eigenvalue weighted by Gasteiger charge is -2.25. The van der Waals surface area contributed by atoms with E-state index in [1.165, 1.54) is 12.1 Å². The summed E-state index contributed by atoms with van der Waals surface area (Å²) in [5, 5.41) is 0.505. The second-order valence-electron chi connectivity index (χ2n) is 8.13. The first-order valence-electron chi connectivity index (χ1n) is 10.7. The Morgan fingerprint density at radius 3 is 2.45 bits per heavy atom. The molecule has 0 radical (unpaired) electrons. The Morgan fingerprint density at radius 1 is 1.06 bits per heavy atom. The number of halogens is 1. The highest BCUT2D eigenvalue weighted by Gasteiger charge is 2.30. The minimum Gasteiger partial charge on any atom is -0.494 e. The molecule has 0 spiro atoms. The highest BCUT2D eigenvalue weighted by Crippen LogP contribution is 2.32. The first-order valence-corrected chi connectivity index (χ1v) is 12.6. The first-order chi connectivity index (χ1) is 14.9. The van der Waals surface area contributed by atoms with Crippen LogP contribution < -0.4 is 9.46 Å². The van der Waals surface area contributed by atoms with E-state index < -0.39 is 10.0 Å². The molecule has 166 valence electrons. The van der Waals surface area contributed by atoms with Crippen molar-refractivity contribution in [3.63, 3.8) is 0 Å². The lowest BCUT2D eigenvalue weighted by Crippen LogP contribution is -2.44. The monoisotopic (exact) mass is 462 g/mol. The van der Waals surface area contributed by atoms with E-state index in [1.807, 2.05) is 24.3 Å². The van der Waals surface area contributed by atoms with Crippen LogP contribution in [0.3, 0.4) is 0 Å². The van der Waals surface area contributed by atoms with Gasteiger partial charge in [-0.1, -0.05) is 11.6 Å². The van der Waals surface area contributed by atoms with Crippen molar-refractivity contribution in [2.45, 2.75) is 43.2 Å². The fourth-order valence-electron chi connectivity index (χ4n) is 3.84. The van der Waals surface area contributed by atoms with Crippen molar-refractivity contribution in [2.75, 3.05) is 19.7 Å². The zero-order valence-electron chi connectivity index (χ0n) is 17.3. The molecule has 1 heterocycles. The third-order valence-corrected chi connectivity index (χ3v) is 7.45. The molecule has 8 heteroatoms. The van der Waals surface area contributed by atoms with E-state index in [1.54, 1.807) is 12.1 Å². The molecule has 1 aliphatic heterocycles. The number of Topliss-reactive ketones (excluding diaryl/α,β-unsaturated/α-hetero) is 1. The number of likely N-dealkylation sites (tertiary alicyclic amines) is 1. The molecule has 1 saturated heterocycles. The smallest absolute Gasteiger partial charge is 0.241 e. The predicted molar refractivity (Wildman–Crippen MR) is 120 cm³/mol. The molecule has 0 bridgehead atoms. The molecule has 6 nitrogen and oxygen atoms in total. The normalized spacial score (nSPS) is 19.5. The van der Waals surface area contributed by atoms with Crippen molar-refractivity contribution < 1.29 is 17.9 Å². The van der Waals surface area contributed by atoms with Crippen molar-refractivity contribution in [1.29, 1.82) is 0 Å². The van der Waals surface area contributed by atoms with Crippen LogP contribution in [0.25, 0.3) is 0 Å². The second kappa shape index (κ2) is 9.69. The van der Waals surface area contributed by atoms with Gasteiger partial charge in [-0.2, -0.15) is 4.72 Å². The Labute approximate surface area is 188 Å². The van der Waals surface area contributed by atoms with Crippen molar-refractivity contribution >= 4 is 27.4 Å². The van der Waals surface area contributed by atoms with Gasteiger partial charge in [0.15, 0.2) is 5.78 Å². The Morgan fingerprint density at radius 2 is 1.77 bits per heavy atom. The number of benzene rings is 2. The summed E-state index contributed by atoms with van der Waals surface area (Å²) < 4.78 is 33.9. The van der Waals surface area contributed by atoms with Crippen molar-refractivity contribution in [1.82, 2.24) is 9.62 Å². The number of ketones is 1. The number of hydrogen-bond donors (Lipinski definition) is 1. The summed E-state index contributed by atoms with van der Waals surface area (Å²) in [6.45, 7) is 2.13. The molecule has 1 aliphatic carbocycles. The molecule has 31 heavy (non-hydrogen) atoms. The maximum absolute atomic E-state index is 12.7. The third kappa shape index (κ3) is 5.86. The molecule has 2 fully saturated rings. The van der Waals surface area contributed by atoms with Gasteiger partial charge in [0.2, 0.25) is 10.0 Å². The van der Waals surface area contributed by atoms with Crippen LogP contribution in [0.5, 0.6) is 5.75 Å². The van der Waals surface area contributed by atoms with Crippen LogP contribution in [0.15, 0.2) is 53.4 Å². The van der Waals surface area contributed by atoms with E-state index in [0.29, 0.717) is 11.6 Å². The van der Waals surface area contributed by atoms with Crippen LogP contribution in [0.2, 0.25) is 5.02 Å². The SMILES string of the molecule is O=C(c1ccc(OCCCN2CCCC2NS(=O)(=O)c2ccc(Cl)cc2)cc1)C1CC1. The van der Waals surface area contributed by atoms with E-state index in [-0.39, 0.29) is 22.8 Å². The average Bonchev–Trinajstić information content (AvgIpc) is 3.52. The molecule has 0 amide bonds. The summed E-state index contributed by atoms with van der Waals surface area (Å²) in [6, 6.07) is 13.5. The Hall–Kier alpha value is -1.93. The molecule has 2 aromatic carbocycles. The summed E-state index contributed by atoms with van der Waals surface area (Å²) in [4.78, 5) is 14.4. The number of nitrogens with one attached hydrogen (secondary N) is 1. The molecule has 1 atom stereocenters. The van der Waals surface area contributed by atoms with Crippen LogP contribution in [0.4, 0.5) is 0 Å². The number of rotatable bonds is 10. The highest BCUT2D eigenvalue weighted by atomic mass is 35.5. The van der Waals surface area contributed by atoms with E-state index >= 15 is 0 Å². The van der Waals surface area contributed by atoms with Crippen molar-refractivity contribution in [3.8, 4) is 5.75 Å². The summed E-state index contributed by atoms with van der Waals surface area (Å²) in [5.74, 6) is 1.19. The van der Waals surface area contributed by atoms with Crippen LogP contribution in [-0.4, -0.2) is 45.0 Å².